The molecule has 0 bridgehead atoms. The van der Waals surface area contributed by atoms with Crippen molar-refractivity contribution >= 4 is 10.1 Å². The molecule has 0 aromatic carbocycles. The van der Waals surface area contributed by atoms with Crippen LogP contribution in [0.25, 0.3) is 0 Å². The van der Waals surface area contributed by atoms with Crippen molar-refractivity contribution in [3.63, 3.8) is 0 Å². The van der Waals surface area contributed by atoms with Crippen LogP contribution in [0.2, 0.25) is 0 Å². The Balaban J connectivity index is 1.34. The average Bonchev–Trinajstić information content (AvgIpc) is 2.96. The molecule has 4 aliphatic carbocycles. The average molecular weight is 441 g/mol. The fourth-order valence-electron chi connectivity index (χ4n) is 9.06. The van der Waals surface area contributed by atoms with Gasteiger partial charge >= 0.3 is 0 Å². The molecule has 5 aliphatic rings. The van der Waals surface area contributed by atoms with E-state index in [1.54, 1.807) is 0 Å². The second-order valence-corrected chi connectivity index (χ2v) is 13.8. The van der Waals surface area contributed by atoms with Crippen LogP contribution in [0.5, 0.6) is 0 Å². The Hall–Kier alpha value is -0.170. The van der Waals surface area contributed by atoms with Crippen LogP contribution in [0.1, 0.15) is 71.6 Å². The Labute approximate surface area is 182 Å². The highest BCUT2D eigenvalue weighted by molar-refractivity contribution is 7.85. The van der Waals surface area contributed by atoms with E-state index in [-0.39, 0.29) is 17.4 Å². The van der Waals surface area contributed by atoms with Gasteiger partial charge in [0, 0.05) is 5.41 Å². The number of fused-ring (bicyclic) bond motifs is 5. The van der Waals surface area contributed by atoms with Crippen molar-refractivity contribution < 1.29 is 22.4 Å². The maximum atomic E-state index is 11.7. The monoisotopic (exact) mass is 440 g/mol. The molecule has 0 aromatic heterocycles. The van der Waals surface area contributed by atoms with Crippen LogP contribution < -0.4 is 0 Å². The summed E-state index contributed by atoms with van der Waals surface area (Å²) >= 11 is 0. The zero-order valence-electron chi connectivity index (χ0n) is 18.9. The lowest BCUT2D eigenvalue weighted by Gasteiger charge is -2.59. The highest BCUT2D eigenvalue weighted by Crippen LogP contribution is 2.68. The van der Waals surface area contributed by atoms with Crippen LogP contribution in [-0.4, -0.2) is 45.2 Å². The standard InChI is InChI=1S/C24H40O5S/c1-22(25)10-8-17-16(12-22)4-5-19-18(17)9-11-23(2)20(19)6-7-21(23)24(13-28-14-24)15-29-30(3,26)27/h16-21,25H,4-15H2,1-3H3/t16-,17+,18-,19-,20+,21+,22-,23+/m1/s1. The SMILES string of the molecule is C[C@@]1(O)CC[C@H]2[C@H](CC[C@@H]3[C@@H]2CC[C@]2(C)[C@@H](C4(COS(C)(=O)=O)COC4)CC[C@@H]32)C1. The molecule has 30 heavy (non-hydrogen) atoms. The minimum Gasteiger partial charge on any atom is -0.390 e. The highest BCUT2D eigenvalue weighted by Gasteiger charge is 2.63. The number of rotatable bonds is 4. The molecule has 1 heterocycles. The molecule has 0 amide bonds. The van der Waals surface area contributed by atoms with Crippen molar-refractivity contribution in [3.8, 4) is 0 Å². The molecule has 8 atom stereocenters. The Kier molecular flexibility index (Phi) is 5.17. The second-order valence-electron chi connectivity index (χ2n) is 12.2. The summed E-state index contributed by atoms with van der Waals surface area (Å²) in [5, 5.41) is 10.6. The first kappa shape index (κ1) is 21.7. The maximum absolute atomic E-state index is 11.7. The van der Waals surface area contributed by atoms with Crippen LogP contribution >= 0.6 is 0 Å². The van der Waals surface area contributed by atoms with E-state index < -0.39 is 15.7 Å². The van der Waals surface area contributed by atoms with Gasteiger partial charge in [-0.1, -0.05) is 6.92 Å². The van der Waals surface area contributed by atoms with Crippen molar-refractivity contribution in [1.82, 2.24) is 0 Å². The molecular formula is C24H40O5S. The molecule has 5 rings (SSSR count). The van der Waals surface area contributed by atoms with Crippen LogP contribution in [-0.2, 0) is 19.0 Å². The lowest BCUT2D eigenvalue weighted by Crippen LogP contribution is -2.58. The van der Waals surface area contributed by atoms with Crippen molar-refractivity contribution in [2.75, 3.05) is 26.1 Å². The summed E-state index contributed by atoms with van der Waals surface area (Å²) in [6.07, 6.45) is 11.9. The second kappa shape index (κ2) is 7.16. The first-order valence-corrected chi connectivity index (χ1v) is 14.0. The fourth-order valence-corrected chi connectivity index (χ4v) is 9.51. The van der Waals surface area contributed by atoms with Crippen LogP contribution in [0.3, 0.4) is 0 Å². The van der Waals surface area contributed by atoms with Crippen molar-refractivity contribution in [2.24, 2.45) is 46.3 Å². The predicted molar refractivity (Wildman–Crippen MR) is 115 cm³/mol. The molecule has 0 spiro atoms. The van der Waals surface area contributed by atoms with Gasteiger partial charge in [0.25, 0.3) is 10.1 Å². The van der Waals surface area contributed by atoms with E-state index in [2.05, 4.69) is 6.92 Å². The summed E-state index contributed by atoms with van der Waals surface area (Å²) in [5.74, 6) is 4.41. The molecule has 6 heteroatoms. The summed E-state index contributed by atoms with van der Waals surface area (Å²) in [6, 6.07) is 0. The first-order valence-electron chi connectivity index (χ1n) is 12.2. The Bertz CT molecular complexity index is 772. The normalized spacial score (nSPS) is 50.1. The zero-order chi connectivity index (χ0) is 21.4. The van der Waals surface area contributed by atoms with E-state index in [9.17, 15) is 13.5 Å². The van der Waals surface area contributed by atoms with E-state index in [4.69, 9.17) is 8.92 Å². The van der Waals surface area contributed by atoms with Crippen molar-refractivity contribution in [1.29, 1.82) is 0 Å². The van der Waals surface area contributed by atoms with Crippen molar-refractivity contribution in [3.05, 3.63) is 0 Å². The molecule has 1 N–H and O–H groups in total. The quantitative estimate of drug-likeness (QED) is 0.669. The van der Waals surface area contributed by atoms with Gasteiger partial charge < -0.3 is 9.84 Å². The summed E-state index contributed by atoms with van der Waals surface area (Å²) in [7, 11) is -3.43. The Morgan fingerprint density at radius 2 is 1.70 bits per heavy atom. The van der Waals surface area contributed by atoms with E-state index >= 15 is 0 Å². The van der Waals surface area contributed by atoms with Gasteiger partial charge in [-0.05, 0) is 106 Å². The van der Waals surface area contributed by atoms with Crippen molar-refractivity contribution in [2.45, 2.75) is 77.2 Å². The summed E-state index contributed by atoms with van der Waals surface area (Å²) in [4.78, 5) is 0. The van der Waals surface area contributed by atoms with Gasteiger partial charge in [-0.15, -0.1) is 0 Å². The molecule has 1 saturated heterocycles. The summed E-state index contributed by atoms with van der Waals surface area (Å²) in [5.41, 5.74) is -0.301. The van der Waals surface area contributed by atoms with Gasteiger partial charge in [-0.2, -0.15) is 8.42 Å². The molecule has 4 saturated carbocycles. The molecular weight excluding hydrogens is 400 g/mol. The van der Waals surface area contributed by atoms with Crippen LogP contribution in [0, 0.1) is 46.3 Å². The third-order valence-electron chi connectivity index (χ3n) is 10.3. The molecule has 0 aromatic rings. The number of hydrogen-bond donors (Lipinski definition) is 1. The third kappa shape index (κ3) is 3.48. The summed E-state index contributed by atoms with van der Waals surface area (Å²) in [6.45, 7) is 6.11. The highest BCUT2D eigenvalue weighted by atomic mass is 32.2. The third-order valence-corrected chi connectivity index (χ3v) is 10.9. The van der Waals surface area contributed by atoms with E-state index in [0.29, 0.717) is 25.0 Å². The van der Waals surface area contributed by atoms with Gasteiger partial charge in [0.2, 0.25) is 0 Å². The maximum Gasteiger partial charge on any atom is 0.264 e. The molecule has 0 radical (unpaired) electrons. The number of ether oxygens (including phenoxy) is 1. The Morgan fingerprint density at radius 3 is 2.37 bits per heavy atom. The molecule has 0 unspecified atom stereocenters. The minimum atomic E-state index is -3.43. The molecule has 5 nitrogen and oxygen atoms in total. The minimum absolute atomic E-state index is 0.125. The lowest BCUT2D eigenvalue weighted by atomic mass is 9.47. The van der Waals surface area contributed by atoms with E-state index in [1.807, 2.05) is 6.92 Å². The first-order chi connectivity index (χ1) is 14.0. The van der Waals surface area contributed by atoms with Crippen LogP contribution in [0.4, 0.5) is 0 Å². The molecule has 5 fully saturated rings. The van der Waals surface area contributed by atoms with Gasteiger partial charge in [-0.3, -0.25) is 4.18 Å². The van der Waals surface area contributed by atoms with Gasteiger partial charge in [0.1, 0.15) is 0 Å². The van der Waals surface area contributed by atoms with Gasteiger partial charge in [-0.25, -0.2) is 0 Å². The Morgan fingerprint density at radius 1 is 0.967 bits per heavy atom. The number of aliphatic hydroxyl groups is 1. The predicted octanol–water partition coefficient (Wildman–Crippen LogP) is 4.00. The van der Waals surface area contributed by atoms with E-state index in [1.165, 1.54) is 44.9 Å². The lowest BCUT2D eigenvalue weighted by molar-refractivity contribution is -0.195. The summed E-state index contributed by atoms with van der Waals surface area (Å²) < 4.78 is 34.3. The van der Waals surface area contributed by atoms with Crippen LogP contribution in [0.15, 0.2) is 0 Å². The zero-order valence-corrected chi connectivity index (χ0v) is 19.8. The van der Waals surface area contributed by atoms with Gasteiger partial charge in [0.05, 0.1) is 31.7 Å². The van der Waals surface area contributed by atoms with E-state index in [0.717, 1.165) is 42.8 Å². The number of hydrogen-bond acceptors (Lipinski definition) is 5. The molecule has 172 valence electrons. The molecule has 1 aliphatic heterocycles. The largest absolute Gasteiger partial charge is 0.390 e. The van der Waals surface area contributed by atoms with Gasteiger partial charge in [0.15, 0.2) is 0 Å². The topological polar surface area (TPSA) is 72.8 Å². The fraction of sp³-hybridized carbons (Fsp3) is 1.00. The smallest absolute Gasteiger partial charge is 0.264 e.